The molecule has 0 fully saturated rings. The summed E-state index contributed by atoms with van der Waals surface area (Å²) in [6.07, 6.45) is -0.649. The van der Waals surface area contributed by atoms with Crippen LogP contribution in [0.1, 0.15) is 12.5 Å². The summed E-state index contributed by atoms with van der Waals surface area (Å²) in [6, 6.07) is 15.1. The molecule has 0 saturated carbocycles. The number of aromatic nitrogens is 2. The third-order valence-electron chi connectivity index (χ3n) is 3.76. The Hall–Kier alpha value is -2.93. The number of amides is 1. The highest BCUT2D eigenvalue weighted by Crippen LogP contribution is 2.28. The van der Waals surface area contributed by atoms with Crippen LogP contribution in [0.5, 0.6) is 11.5 Å². The molecule has 1 aromatic heterocycles. The number of para-hydroxylation sites is 1. The number of rotatable bonds is 6. The van der Waals surface area contributed by atoms with Gasteiger partial charge in [-0.25, -0.2) is 0 Å². The number of aryl methyl sites for hydroxylation is 1. The lowest BCUT2D eigenvalue weighted by Gasteiger charge is -2.15. The van der Waals surface area contributed by atoms with Gasteiger partial charge < -0.3 is 9.47 Å². The molecule has 1 N–H and O–H groups in total. The van der Waals surface area contributed by atoms with Crippen LogP contribution in [0, 0.1) is 6.92 Å². The topological polar surface area (TPSA) is 73.3 Å². The Morgan fingerprint density at radius 3 is 2.54 bits per heavy atom. The Bertz CT molecular complexity index is 893. The maximum Gasteiger partial charge on any atom is 0.266 e. The quantitative estimate of drug-likeness (QED) is 0.713. The predicted octanol–water partition coefficient (Wildman–Crippen LogP) is 3.93. The molecule has 7 heteroatoms. The van der Waals surface area contributed by atoms with Crippen LogP contribution in [0.25, 0.3) is 10.6 Å². The Kier molecular flexibility index (Phi) is 5.48. The van der Waals surface area contributed by atoms with Gasteiger partial charge in [0.15, 0.2) is 6.10 Å². The highest BCUT2D eigenvalue weighted by Gasteiger charge is 2.18. The van der Waals surface area contributed by atoms with Crippen molar-refractivity contribution in [1.29, 1.82) is 0 Å². The van der Waals surface area contributed by atoms with E-state index in [1.54, 1.807) is 14.0 Å². The Labute approximate surface area is 155 Å². The number of carbonyl (C=O) groups excluding carboxylic acids is 1. The smallest absolute Gasteiger partial charge is 0.266 e. The molecule has 0 aliphatic heterocycles. The molecular weight excluding hydrogens is 350 g/mol. The third kappa shape index (κ3) is 4.18. The molecule has 0 radical (unpaired) electrons. The first-order chi connectivity index (χ1) is 12.6. The first kappa shape index (κ1) is 17.9. The minimum absolute atomic E-state index is 0.273. The van der Waals surface area contributed by atoms with Gasteiger partial charge >= 0.3 is 0 Å². The van der Waals surface area contributed by atoms with Gasteiger partial charge in [0.05, 0.1) is 7.11 Å². The van der Waals surface area contributed by atoms with E-state index in [-0.39, 0.29) is 5.91 Å². The lowest BCUT2D eigenvalue weighted by molar-refractivity contribution is -0.122. The fourth-order valence-corrected chi connectivity index (χ4v) is 3.02. The second kappa shape index (κ2) is 7.97. The van der Waals surface area contributed by atoms with Gasteiger partial charge in [-0.1, -0.05) is 29.5 Å². The highest BCUT2D eigenvalue weighted by atomic mass is 32.1. The van der Waals surface area contributed by atoms with E-state index in [1.807, 2.05) is 55.5 Å². The molecule has 0 saturated heterocycles. The molecule has 134 valence electrons. The van der Waals surface area contributed by atoms with Crippen molar-refractivity contribution >= 4 is 22.4 Å². The summed E-state index contributed by atoms with van der Waals surface area (Å²) < 4.78 is 10.9. The molecule has 2 aromatic carbocycles. The second-order valence-corrected chi connectivity index (χ2v) is 6.63. The summed E-state index contributed by atoms with van der Waals surface area (Å²) in [5, 5.41) is 12.1. The van der Waals surface area contributed by atoms with Crippen LogP contribution in [0.2, 0.25) is 0 Å². The van der Waals surface area contributed by atoms with Gasteiger partial charge in [0.25, 0.3) is 5.91 Å². The number of benzene rings is 2. The molecule has 1 heterocycles. The number of anilines is 1. The number of ether oxygens (including phenoxy) is 2. The van der Waals surface area contributed by atoms with E-state index in [1.165, 1.54) is 11.3 Å². The van der Waals surface area contributed by atoms with Crippen LogP contribution in [-0.4, -0.2) is 29.3 Å². The molecule has 1 amide bonds. The van der Waals surface area contributed by atoms with Crippen LogP contribution in [-0.2, 0) is 4.79 Å². The van der Waals surface area contributed by atoms with Crippen molar-refractivity contribution in [2.75, 3.05) is 12.4 Å². The molecule has 3 aromatic rings. The Morgan fingerprint density at radius 2 is 1.85 bits per heavy atom. The lowest BCUT2D eigenvalue weighted by Crippen LogP contribution is -2.30. The number of hydrogen-bond acceptors (Lipinski definition) is 6. The van der Waals surface area contributed by atoms with Gasteiger partial charge in [0.1, 0.15) is 16.5 Å². The summed E-state index contributed by atoms with van der Waals surface area (Å²) in [5.41, 5.74) is 1.89. The summed E-state index contributed by atoms with van der Waals surface area (Å²) in [7, 11) is 1.62. The van der Waals surface area contributed by atoms with Crippen molar-refractivity contribution in [2.24, 2.45) is 0 Å². The van der Waals surface area contributed by atoms with Crippen LogP contribution < -0.4 is 14.8 Å². The minimum Gasteiger partial charge on any atom is -0.497 e. The van der Waals surface area contributed by atoms with E-state index in [4.69, 9.17) is 9.47 Å². The highest BCUT2D eigenvalue weighted by molar-refractivity contribution is 7.18. The van der Waals surface area contributed by atoms with Crippen LogP contribution in [0.15, 0.2) is 48.5 Å². The molecule has 0 aliphatic rings. The monoisotopic (exact) mass is 369 g/mol. The fraction of sp³-hybridized carbons (Fsp3) is 0.211. The van der Waals surface area contributed by atoms with E-state index in [2.05, 4.69) is 15.5 Å². The van der Waals surface area contributed by atoms with E-state index in [0.717, 1.165) is 21.9 Å². The maximum atomic E-state index is 12.3. The second-order valence-electron chi connectivity index (χ2n) is 5.66. The van der Waals surface area contributed by atoms with Crippen LogP contribution in [0.4, 0.5) is 5.13 Å². The van der Waals surface area contributed by atoms with Gasteiger partial charge in [-0.05, 0) is 49.7 Å². The van der Waals surface area contributed by atoms with Crippen LogP contribution in [0.3, 0.4) is 0 Å². The van der Waals surface area contributed by atoms with Crippen molar-refractivity contribution in [2.45, 2.75) is 20.0 Å². The third-order valence-corrected chi connectivity index (χ3v) is 4.65. The zero-order valence-electron chi connectivity index (χ0n) is 14.7. The van der Waals surface area contributed by atoms with E-state index in [0.29, 0.717) is 10.9 Å². The zero-order chi connectivity index (χ0) is 18.5. The van der Waals surface area contributed by atoms with Gasteiger partial charge in [-0.3, -0.25) is 10.1 Å². The van der Waals surface area contributed by atoms with Crippen molar-refractivity contribution in [3.63, 3.8) is 0 Å². The average molecular weight is 369 g/mol. The van der Waals surface area contributed by atoms with Gasteiger partial charge in [0.2, 0.25) is 5.13 Å². The predicted molar refractivity (Wildman–Crippen MR) is 102 cm³/mol. The van der Waals surface area contributed by atoms with Crippen LogP contribution >= 0.6 is 11.3 Å². The van der Waals surface area contributed by atoms with Gasteiger partial charge in [-0.2, -0.15) is 0 Å². The van der Waals surface area contributed by atoms with E-state index < -0.39 is 6.10 Å². The number of nitrogens with zero attached hydrogens (tertiary/aromatic N) is 2. The molecule has 6 nitrogen and oxygen atoms in total. The SMILES string of the molecule is COc1ccc(-c2nnc(NC(=O)[C@@H](C)Oc3ccccc3C)s2)cc1. The number of carbonyl (C=O) groups is 1. The maximum absolute atomic E-state index is 12.3. The van der Waals surface area contributed by atoms with Gasteiger partial charge in [0, 0.05) is 5.56 Å². The standard InChI is InChI=1S/C19H19N3O3S/c1-12-6-4-5-7-16(12)25-13(2)17(23)20-19-22-21-18(26-19)14-8-10-15(24-3)11-9-14/h4-11,13H,1-3H3,(H,20,22,23)/t13-/m1/s1. The molecule has 3 rings (SSSR count). The first-order valence-electron chi connectivity index (χ1n) is 8.08. The zero-order valence-corrected chi connectivity index (χ0v) is 15.5. The van der Waals surface area contributed by atoms with Crippen molar-refractivity contribution in [1.82, 2.24) is 10.2 Å². The molecule has 0 bridgehead atoms. The average Bonchev–Trinajstić information content (AvgIpc) is 3.12. The molecule has 0 spiro atoms. The van der Waals surface area contributed by atoms with Gasteiger partial charge in [-0.15, -0.1) is 10.2 Å². The summed E-state index contributed by atoms with van der Waals surface area (Å²) in [5.74, 6) is 1.19. The van der Waals surface area contributed by atoms with E-state index in [9.17, 15) is 4.79 Å². The number of methoxy groups -OCH3 is 1. The molecule has 0 aliphatic carbocycles. The molecular formula is C19H19N3O3S. The first-order valence-corrected chi connectivity index (χ1v) is 8.89. The summed E-state index contributed by atoms with van der Waals surface area (Å²) >= 11 is 1.30. The Morgan fingerprint density at radius 1 is 1.12 bits per heavy atom. The number of nitrogens with one attached hydrogen (secondary N) is 1. The fourth-order valence-electron chi connectivity index (χ4n) is 2.26. The lowest BCUT2D eigenvalue weighted by atomic mass is 10.2. The Balaban J connectivity index is 1.64. The largest absolute Gasteiger partial charge is 0.497 e. The molecule has 0 unspecified atom stereocenters. The van der Waals surface area contributed by atoms with Crippen molar-refractivity contribution in [3.05, 3.63) is 54.1 Å². The normalized spacial score (nSPS) is 11.7. The molecule has 1 atom stereocenters. The van der Waals surface area contributed by atoms with Crippen molar-refractivity contribution in [3.8, 4) is 22.1 Å². The summed E-state index contributed by atoms with van der Waals surface area (Å²) in [6.45, 7) is 3.64. The van der Waals surface area contributed by atoms with E-state index >= 15 is 0 Å². The molecule has 26 heavy (non-hydrogen) atoms. The van der Waals surface area contributed by atoms with Crippen molar-refractivity contribution < 1.29 is 14.3 Å². The minimum atomic E-state index is -0.649. The summed E-state index contributed by atoms with van der Waals surface area (Å²) in [4.78, 5) is 12.3. The number of hydrogen-bond donors (Lipinski definition) is 1.